The number of esters is 2. The highest BCUT2D eigenvalue weighted by atomic mass is 16.6. The summed E-state index contributed by atoms with van der Waals surface area (Å²) < 4.78 is 4.67. The van der Waals surface area contributed by atoms with E-state index in [1.807, 2.05) is 6.92 Å². The fraction of sp³-hybridized carbons (Fsp3) is 0.818. The van der Waals surface area contributed by atoms with E-state index in [1.165, 1.54) is 26.2 Å². The zero-order valence-corrected chi connectivity index (χ0v) is 17.2. The number of aliphatic hydroxyl groups is 1. The lowest BCUT2D eigenvalue weighted by atomic mass is 9.98. The first kappa shape index (κ1) is 24.8. The van der Waals surface area contributed by atoms with Crippen LogP contribution in [0.25, 0.3) is 0 Å². The zero-order valence-electron chi connectivity index (χ0n) is 17.2. The van der Waals surface area contributed by atoms with Crippen LogP contribution >= 0.6 is 0 Å². The highest BCUT2D eigenvalue weighted by Gasteiger charge is 2.18. The molecule has 0 aliphatic rings. The van der Waals surface area contributed by atoms with Crippen molar-refractivity contribution in [3.63, 3.8) is 0 Å². The Hall–Kier alpha value is -1.16. The van der Waals surface area contributed by atoms with Crippen LogP contribution in [0.3, 0.4) is 0 Å². The summed E-state index contributed by atoms with van der Waals surface area (Å²) in [7, 11) is 0. The van der Waals surface area contributed by atoms with Crippen LogP contribution in [0, 0.1) is 5.92 Å². The molecule has 0 spiro atoms. The van der Waals surface area contributed by atoms with Crippen molar-refractivity contribution in [3.8, 4) is 0 Å². The Labute approximate surface area is 160 Å². The van der Waals surface area contributed by atoms with Crippen LogP contribution in [-0.2, 0) is 14.3 Å². The highest BCUT2D eigenvalue weighted by molar-refractivity contribution is 5.85. The first-order valence-electron chi connectivity index (χ1n) is 10.6. The predicted molar refractivity (Wildman–Crippen MR) is 107 cm³/mol. The van der Waals surface area contributed by atoms with Crippen molar-refractivity contribution < 1.29 is 19.4 Å². The lowest BCUT2D eigenvalue weighted by Crippen LogP contribution is -2.19. The topological polar surface area (TPSA) is 63.6 Å². The second-order valence-electron chi connectivity index (χ2n) is 7.22. The molecule has 152 valence electrons. The number of allylic oxidation sites excluding steroid dienone is 1. The summed E-state index contributed by atoms with van der Waals surface area (Å²) in [4.78, 5) is 22.5. The van der Waals surface area contributed by atoms with Crippen molar-refractivity contribution in [1.82, 2.24) is 0 Å². The molecule has 0 fully saturated rings. The molecule has 0 aromatic heterocycles. The minimum absolute atomic E-state index is 0.155. The molecule has 1 unspecified atom stereocenters. The van der Waals surface area contributed by atoms with E-state index < -0.39 is 5.97 Å². The molecule has 0 saturated carbocycles. The average Bonchev–Trinajstić information content (AvgIpc) is 2.59. The molecule has 0 heterocycles. The van der Waals surface area contributed by atoms with Gasteiger partial charge in [0.1, 0.15) is 0 Å². The van der Waals surface area contributed by atoms with Gasteiger partial charge in [0, 0.05) is 6.92 Å². The number of carbonyl (C=O) groups is 2. The quantitative estimate of drug-likeness (QED) is 0.164. The smallest absolute Gasteiger partial charge is 0.316 e. The van der Waals surface area contributed by atoms with E-state index in [0.717, 1.165) is 64.2 Å². The molecule has 0 rings (SSSR count). The molecule has 0 bridgehead atoms. The molecule has 0 saturated heterocycles. The third-order valence-electron chi connectivity index (χ3n) is 4.71. The monoisotopic (exact) mass is 368 g/mol. The van der Waals surface area contributed by atoms with Crippen LogP contribution in [0.2, 0.25) is 0 Å². The van der Waals surface area contributed by atoms with Gasteiger partial charge in [-0.2, -0.15) is 0 Å². The molecule has 0 aromatic rings. The van der Waals surface area contributed by atoms with E-state index >= 15 is 0 Å². The molecule has 4 nitrogen and oxygen atoms in total. The van der Waals surface area contributed by atoms with Gasteiger partial charge in [-0.1, -0.05) is 70.9 Å². The molecular formula is C22H40O4. The van der Waals surface area contributed by atoms with E-state index in [2.05, 4.69) is 23.8 Å². The van der Waals surface area contributed by atoms with Crippen molar-refractivity contribution in [2.45, 2.75) is 110 Å². The molecule has 0 aliphatic heterocycles. The van der Waals surface area contributed by atoms with Crippen molar-refractivity contribution >= 4 is 11.9 Å². The van der Waals surface area contributed by atoms with Crippen LogP contribution in [0.15, 0.2) is 12.2 Å². The predicted octanol–water partition coefficient (Wildman–Crippen LogP) is 5.72. The number of hydrogen-bond acceptors (Lipinski definition) is 4. The van der Waals surface area contributed by atoms with Gasteiger partial charge in [-0.05, 0) is 38.5 Å². The van der Waals surface area contributed by atoms with Crippen molar-refractivity contribution in [3.05, 3.63) is 12.2 Å². The lowest BCUT2D eigenvalue weighted by Gasteiger charge is -2.12. The number of ether oxygens (including phenoxy) is 1. The first-order chi connectivity index (χ1) is 12.5. The van der Waals surface area contributed by atoms with E-state index in [4.69, 9.17) is 0 Å². The van der Waals surface area contributed by atoms with Crippen LogP contribution in [-0.4, -0.2) is 23.1 Å². The molecule has 2 atom stereocenters. The number of carbonyl (C=O) groups excluding carboxylic acids is 2. The molecule has 0 aliphatic carbocycles. The third kappa shape index (κ3) is 15.1. The highest BCUT2D eigenvalue weighted by Crippen LogP contribution is 2.16. The third-order valence-corrected chi connectivity index (χ3v) is 4.71. The van der Waals surface area contributed by atoms with Crippen LogP contribution in [0.1, 0.15) is 104 Å². The van der Waals surface area contributed by atoms with Gasteiger partial charge in [-0.25, -0.2) is 0 Å². The maximum atomic E-state index is 11.7. The largest absolute Gasteiger partial charge is 0.393 e. The fourth-order valence-corrected chi connectivity index (χ4v) is 3.02. The number of hydrogen-bond donors (Lipinski definition) is 1. The summed E-state index contributed by atoms with van der Waals surface area (Å²) in [6, 6.07) is 0. The van der Waals surface area contributed by atoms with Crippen LogP contribution in [0.4, 0.5) is 0 Å². The minimum Gasteiger partial charge on any atom is -0.393 e. The van der Waals surface area contributed by atoms with Gasteiger partial charge in [0.2, 0.25) is 0 Å². The van der Waals surface area contributed by atoms with Gasteiger partial charge < -0.3 is 9.84 Å². The maximum absolute atomic E-state index is 11.7. The molecule has 26 heavy (non-hydrogen) atoms. The van der Waals surface area contributed by atoms with Gasteiger partial charge in [-0.15, -0.1) is 0 Å². The normalized spacial score (nSPS) is 13.7. The summed E-state index contributed by atoms with van der Waals surface area (Å²) in [6.07, 6.45) is 17.5. The second-order valence-corrected chi connectivity index (χ2v) is 7.22. The molecule has 0 amide bonds. The summed E-state index contributed by atoms with van der Waals surface area (Å²) in [5.74, 6) is -1.06. The Bertz CT molecular complexity index is 390. The Morgan fingerprint density at radius 1 is 0.923 bits per heavy atom. The molecular weight excluding hydrogens is 328 g/mol. The first-order valence-corrected chi connectivity index (χ1v) is 10.6. The SMILES string of the molecule is CCCCCC[C@@H](O)CC=CCCCCCCC(CC)C(=O)OC(C)=O. The number of aliphatic hydroxyl groups excluding tert-OH is 1. The van der Waals surface area contributed by atoms with E-state index in [-0.39, 0.29) is 18.0 Å². The van der Waals surface area contributed by atoms with Crippen LogP contribution < -0.4 is 0 Å². The summed E-state index contributed by atoms with van der Waals surface area (Å²) in [6.45, 7) is 5.42. The Morgan fingerprint density at radius 2 is 1.58 bits per heavy atom. The average molecular weight is 369 g/mol. The summed E-state index contributed by atoms with van der Waals surface area (Å²) in [5.41, 5.74) is 0. The zero-order chi connectivity index (χ0) is 19.6. The maximum Gasteiger partial charge on any atom is 0.316 e. The molecule has 4 heteroatoms. The Kier molecular flexibility index (Phi) is 16.5. The van der Waals surface area contributed by atoms with Gasteiger partial charge >= 0.3 is 11.9 Å². The van der Waals surface area contributed by atoms with Gasteiger partial charge in [0.15, 0.2) is 0 Å². The van der Waals surface area contributed by atoms with E-state index in [1.54, 1.807) is 0 Å². The molecule has 1 N–H and O–H groups in total. The molecule has 0 radical (unpaired) electrons. The summed E-state index contributed by atoms with van der Waals surface area (Å²) >= 11 is 0. The lowest BCUT2D eigenvalue weighted by molar-refractivity contribution is -0.161. The fourth-order valence-electron chi connectivity index (χ4n) is 3.02. The second kappa shape index (κ2) is 17.3. The van der Waals surface area contributed by atoms with Gasteiger partial charge in [0.25, 0.3) is 0 Å². The minimum atomic E-state index is -0.522. The van der Waals surface area contributed by atoms with E-state index in [0.29, 0.717) is 0 Å². The summed E-state index contributed by atoms with van der Waals surface area (Å²) in [5, 5.41) is 9.89. The van der Waals surface area contributed by atoms with Gasteiger partial charge in [0.05, 0.1) is 12.0 Å². The van der Waals surface area contributed by atoms with E-state index in [9.17, 15) is 14.7 Å². The number of unbranched alkanes of at least 4 members (excludes halogenated alkanes) is 7. The Morgan fingerprint density at radius 3 is 2.23 bits per heavy atom. The van der Waals surface area contributed by atoms with Gasteiger partial charge in [-0.3, -0.25) is 9.59 Å². The van der Waals surface area contributed by atoms with Crippen LogP contribution in [0.5, 0.6) is 0 Å². The molecule has 0 aromatic carbocycles. The standard InChI is InChI=1S/C22H40O4/c1-4-6-7-14-17-21(24)18-15-12-10-8-9-11-13-16-20(5-2)22(25)26-19(3)23/h12,15,20-21,24H,4-11,13-14,16-18H2,1-3H3/t20?,21-/m1/s1. The van der Waals surface area contributed by atoms with Crippen molar-refractivity contribution in [2.75, 3.05) is 0 Å². The Balaban J connectivity index is 3.59. The number of rotatable bonds is 16. The van der Waals surface area contributed by atoms with Crippen molar-refractivity contribution in [2.24, 2.45) is 5.92 Å². The van der Waals surface area contributed by atoms with Crippen molar-refractivity contribution in [1.29, 1.82) is 0 Å².